The molecule has 3 aromatic rings. The van der Waals surface area contributed by atoms with Crippen LogP contribution in [0, 0.1) is 6.92 Å². The molecule has 33 heavy (non-hydrogen) atoms. The third kappa shape index (κ3) is 4.81. The number of H-pyrrole nitrogens is 1. The molecule has 4 rings (SSSR count). The maximum atomic E-state index is 11.7. The van der Waals surface area contributed by atoms with Gasteiger partial charge in [-0.15, -0.1) is 5.10 Å². The van der Waals surface area contributed by atoms with Crippen molar-refractivity contribution in [3.05, 3.63) is 54.8 Å². The highest BCUT2D eigenvalue weighted by Gasteiger charge is 2.25. The number of nitrogens with zero attached hydrogens (tertiary/aromatic N) is 6. The summed E-state index contributed by atoms with van der Waals surface area (Å²) in [6.07, 6.45) is 7.35. The zero-order chi connectivity index (χ0) is 23.6. The van der Waals surface area contributed by atoms with Gasteiger partial charge in [-0.2, -0.15) is 9.78 Å². The predicted octanol–water partition coefficient (Wildman–Crippen LogP) is 1.33. The molecule has 1 aromatic carbocycles. The summed E-state index contributed by atoms with van der Waals surface area (Å²) in [5.41, 5.74) is 9.95. The fourth-order valence-corrected chi connectivity index (χ4v) is 4.81. The molecule has 12 heteroatoms. The Bertz CT molecular complexity index is 1330. The molecule has 0 aliphatic carbocycles. The fourth-order valence-electron chi connectivity index (χ4n) is 3.93. The van der Waals surface area contributed by atoms with E-state index in [-0.39, 0.29) is 6.04 Å². The summed E-state index contributed by atoms with van der Waals surface area (Å²) in [6.45, 7) is 6.90. The van der Waals surface area contributed by atoms with Crippen LogP contribution < -0.4 is 11.1 Å². The van der Waals surface area contributed by atoms with Crippen LogP contribution in [0.4, 0.5) is 0 Å². The van der Waals surface area contributed by atoms with Crippen molar-refractivity contribution in [1.29, 1.82) is 0 Å². The minimum absolute atomic E-state index is 0.0746. The van der Waals surface area contributed by atoms with Gasteiger partial charge in [0.2, 0.25) is 10.0 Å². The van der Waals surface area contributed by atoms with E-state index in [1.165, 1.54) is 16.8 Å². The number of nitrogens with one attached hydrogen (secondary N) is 2. The van der Waals surface area contributed by atoms with Gasteiger partial charge in [0.05, 0.1) is 18.0 Å². The third-order valence-electron chi connectivity index (χ3n) is 5.60. The van der Waals surface area contributed by atoms with E-state index >= 15 is 0 Å². The molecule has 0 saturated carbocycles. The Morgan fingerprint density at radius 3 is 2.73 bits per heavy atom. The molecule has 0 unspecified atom stereocenters. The van der Waals surface area contributed by atoms with Crippen LogP contribution in [0.25, 0.3) is 22.2 Å². The fraction of sp³-hybridized carbons (Fsp3) is 0.333. The molecule has 0 radical (unpaired) electrons. The van der Waals surface area contributed by atoms with E-state index < -0.39 is 10.0 Å². The van der Waals surface area contributed by atoms with E-state index in [1.807, 2.05) is 25.1 Å². The summed E-state index contributed by atoms with van der Waals surface area (Å²) in [5, 5.41) is 19.0. The highest BCUT2D eigenvalue weighted by molar-refractivity contribution is 7.88. The second-order valence-corrected chi connectivity index (χ2v) is 9.92. The lowest BCUT2D eigenvalue weighted by Crippen LogP contribution is -2.44. The van der Waals surface area contributed by atoms with Crippen molar-refractivity contribution < 1.29 is 8.42 Å². The summed E-state index contributed by atoms with van der Waals surface area (Å²) >= 11 is 0. The highest BCUT2D eigenvalue weighted by Crippen LogP contribution is 2.28. The zero-order valence-corrected chi connectivity index (χ0v) is 19.4. The van der Waals surface area contributed by atoms with Crippen molar-refractivity contribution in [1.82, 2.24) is 34.8 Å². The molecular formula is C21H27N9O2S. The summed E-state index contributed by atoms with van der Waals surface area (Å²) in [4.78, 5) is 4.59. The van der Waals surface area contributed by atoms with Gasteiger partial charge in [0.1, 0.15) is 11.3 Å². The van der Waals surface area contributed by atoms with Gasteiger partial charge in [-0.05, 0) is 38.1 Å². The Morgan fingerprint density at radius 2 is 2.09 bits per heavy atom. The number of rotatable bonds is 6. The second-order valence-electron chi connectivity index (χ2n) is 7.94. The Labute approximate surface area is 192 Å². The van der Waals surface area contributed by atoms with Crippen LogP contribution in [0.15, 0.2) is 54.1 Å². The first-order valence-corrected chi connectivity index (χ1v) is 12.4. The third-order valence-corrected chi connectivity index (χ3v) is 6.91. The summed E-state index contributed by atoms with van der Waals surface area (Å²) in [6, 6.07) is 5.88. The molecule has 4 N–H and O–H groups in total. The Kier molecular flexibility index (Phi) is 6.29. The van der Waals surface area contributed by atoms with E-state index in [4.69, 9.17) is 5.73 Å². The first kappa shape index (κ1) is 22.7. The van der Waals surface area contributed by atoms with Gasteiger partial charge in [-0.1, -0.05) is 23.9 Å². The SMILES string of the molecule is C=C(N=C(/C=C\N)n1nnc2c(-c3cn[nH]c3C)cccc21)NC1CCN(S(C)(=O)=O)CC1. The summed E-state index contributed by atoms with van der Waals surface area (Å²) < 4.78 is 26.5. The normalized spacial score (nSPS) is 16.6. The Hall–Kier alpha value is -3.51. The Balaban J connectivity index is 1.58. The minimum atomic E-state index is -3.17. The quantitative estimate of drug-likeness (QED) is 0.364. The van der Waals surface area contributed by atoms with Gasteiger partial charge in [0.15, 0.2) is 5.84 Å². The molecule has 174 valence electrons. The van der Waals surface area contributed by atoms with Crippen LogP contribution in [-0.4, -0.2) is 69.1 Å². The van der Waals surface area contributed by atoms with Crippen LogP contribution >= 0.6 is 0 Å². The lowest BCUT2D eigenvalue weighted by Gasteiger charge is -2.31. The van der Waals surface area contributed by atoms with Crippen molar-refractivity contribution in [3.8, 4) is 11.1 Å². The van der Waals surface area contributed by atoms with Gasteiger partial charge in [0.25, 0.3) is 0 Å². The molecule has 1 fully saturated rings. The van der Waals surface area contributed by atoms with E-state index in [1.54, 1.807) is 17.0 Å². The zero-order valence-electron chi connectivity index (χ0n) is 18.6. The van der Waals surface area contributed by atoms with E-state index in [9.17, 15) is 8.42 Å². The number of aromatic nitrogens is 5. The van der Waals surface area contributed by atoms with E-state index in [0.717, 1.165) is 22.3 Å². The monoisotopic (exact) mass is 469 g/mol. The summed E-state index contributed by atoms with van der Waals surface area (Å²) in [7, 11) is -3.17. The Morgan fingerprint density at radius 1 is 1.33 bits per heavy atom. The van der Waals surface area contributed by atoms with Gasteiger partial charge in [0, 0.05) is 36.0 Å². The number of benzene rings is 1. The molecule has 1 saturated heterocycles. The number of nitrogens with two attached hydrogens (primary N) is 1. The van der Waals surface area contributed by atoms with Crippen LogP contribution in [0.5, 0.6) is 0 Å². The number of aliphatic imine (C=N–C) groups is 1. The van der Waals surface area contributed by atoms with Crippen LogP contribution in [0.2, 0.25) is 0 Å². The standard InChI is InChI=1S/C21H27N9O2S/c1-14-18(13-23-26-14)17-5-4-6-19-21(17)27-28-30(19)20(7-10-22)25-15(2)24-16-8-11-29(12-9-16)33(3,31)32/h4-7,10,13,16,24H,2,8-9,11-12,22H2,1,3H3,(H,23,26)/b10-7-,25-20?. The van der Waals surface area contributed by atoms with Crippen molar-refractivity contribution >= 4 is 26.9 Å². The average molecular weight is 470 g/mol. The average Bonchev–Trinajstić information content (AvgIpc) is 3.39. The molecule has 1 aliphatic heterocycles. The number of hydrogen-bond acceptors (Lipinski definition) is 8. The number of piperidine rings is 1. The lowest BCUT2D eigenvalue weighted by atomic mass is 10.1. The maximum absolute atomic E-state index is 11.7. The number of hydrogen-bond donors (Lipinski definition) is 3. The number of sulfonamides is 1. The maximum Gasteiger partial charge on any atom is 0.211 e. The molecule has 3 heterocycles. The smallest absolute Gasteiger partial charge is 0.211 e. The first-order chi connectivity index (χ1) is 15.8. The molecule has 0 bridgehead atoms. The largest absolute Gasteiger partial charge is 0.404 e. The van der Waals surface area contributed by atoms with Crippen molar-refractivity contribution in [2.45, 2.75) is 25.8 Å². The first-order valence-electron chi connectivity index (χ1n) is 10.5. The lowest BCUT2D eigenvalue weighted by molar-refractivity contribution is 0.301. The van der Waals surface area contributed by atoms with E-state index in [0.29, 0.717) is 43.1 Å². The number of allylic oxidation sites excluding steroid dienone is 1. The van der Waals surface area contributed by atoms with Crippen LogP contribution in [0.3, 0.4) is 0 Å². The molecule has 0 spiro atoms. The molecular weight excluding hydrogens is 442 g/mol. The number of aromatic amines is 1. The van der Waals surface area contributed by atoms with E-state index in [2.05, 4.69) is 37.4 Å². The van der Waals surface area contributed by atoms with Crippen LogP contribution in [-0.2, 0) is 10.0 Å². The topological polar surface area (TPSA) is 147 Å². The predicted molar refractivity (Wildman–Crippen MR) is 128 cm³/mol. The number of aryl methyl sites for hydroxylation is 1. The molecule has 0 amide bonds. The molecule has 11 nitrogen and oxygen atoms in total. The van der Waals surface area contributed by atoms with Gasteiger partial charge in [-0.3, -0.25) is 5.10 Å². The molecule has 0 atom stereocenters. The van der Waals surface area contributed by atoms with Crippen LogP contribution in [0.1, 0.15) is 18.5 Å². The molecule has 2 aromatic heterocycles. The molecule has 1 aliphatic rings. The minimum Gasteiger partial charge on any atom is -0.404 e. The van der Waals surface area contributed by atoms with Gasteiger partial charge < -0.3 is 11.1 Å². The highest BCUT2D eigenvalue weighted by atomic mass is 32.2. The van der Waals surface area contributed by atoms with Crippen molar-refractivity contribution in [3.63, 3.8) is 0 Å². The van der Waals surface area contributed by atoms with Gasteiger partial charge in [-0.25, -0.2) is 17.7 Å². The van der Waals surface area contributed by atoms with Gasteiger partial charge >= 0.3 is 0 Å². The van der Waals surface area contributed by atoms with Crippen molar-refractivity contribution in [2.24, 2.45) is 10.7 Å². The summed E-state index contributed by atoms with van der Waals surface area (Å²) in [5.74, 6) is 0.888. The van der Waals surface area contributed by atoms with Crippen molar-refractivity contribution in [2.75, 3.05) is 19.3 Å². The number of fused-ring (bicyclic) bond motifs is 1. The second kappa shape index (κ2) is 9.16.